The van der Waals surface area contributed by atoms with E-state index in [1.165, 1.54) is 20.3 Å². The lowest BCUT2D eigenvalue weighted by Crippen LogP contribution is -2.05. The molecule has 0 aliphatic carbocycles. The van der Waals surface area contributed by atoms with Crippen LogP contribution in [0, 0.1) is 4.91 Å². The highest BCUT2D eigenvalue weighted by atomic mass is 16.5. The predicted molar refractivity (Wildman–Crippen MR) is 60.5 cm³/mol. The van der Waals surface area contributed by atoms with Gasteiger partial charge in [-0.2, -0.15) is 4.91 Å². The summed E-state index contributed by atoms with van der Waals surface area (Å²) in [5.41, 5.74) is 0.349. The lowest BCUT2D eigenvalue weighted by molar-refractivity contribution is 0.0600. The Bertz CT molecular complexity index is 405. The van der Waals surface area contributed by atoms with Gasteiger partial charge in [0.15, 0.2) is 11.5 Å². The minimum Gasteiger partial charge on any atom is -0.493 e. The maximum atomic E-state index is 11.3. The molecule has 1 aromatic rings. The fourth-order valence-electron chi connectivity index (χ4n) is 1.23. The molecule has 0 aliphatic rings. The first kappa shape index (κ1) is 13.0. The molecule has 0 bridgehead atoms. The summed E-state index contributed by atoms with van der Waals surface area (Å²) in [6.07, 6.45) is 0. The minimum absolute atomic E-state index is 0.0333. The third-order valence-electron chi connectivity index (χ3n) is 2.02. The molecule has 92 valence electrons. The van der Waals surface area contributed by atoms with Crippen LogP contribution in [0.15, 0.2) is 23.4 Å². The zero-order valence-corrected chi connectivity index (χ0v) is 9.63. The number of nitroso groups, excluding NO2 is 1. The van der Waals surface area contributed by atoms with E-state index in [0.717, 1.165) is 0 Å². The zero-order valence-electron chi connectivity index (χ0n) is 9.63. The molecule has 0 spiro atoms. The number of carbonyl (C=O) groups is 1. The van der Waals surface area contributed by atoms with Crippen molar-refractivity contribution in [1.29, 1.82) is 0 Å². The zero-order chi connectivity index (χ0) is 12.7. The van der Waals surface area contributed by atoms with Crippen LogP contribution in [0.2, 0.25) is 0 Å². The van der Waals surface area contributed by atoms with Gasteiger partial charge >= 0.3 is 5.97 Å². The van der Waals surface area contributed by atoms with Crippen LogP contribution in [0.4, 0.5) is 0 Å². The van der Waals surface area contributed by atoms with E-state index in [4.69, 9.17) is 9.47 Å². The number of hydrogen-bond acceptors (Lipinski definition) is 6. The van der Waals surface area contributed by atoms with Gasteiger partial charge in [-0.05, 0) is 18.2 Å². The second kappa shape index (κ2) is 6.47. The quantitative estimate of drug-likeness (QED) is 0.428. The molecule has 0 amide bonds. The Hall–Kier alpha value is -2.11. The van der Waals surface area contributed by atoms with Gasteiger partial charge < -0.3 is 14.2 Å². The number of carbonyl (C=O) groups excluding carboxylic acids is 1. The van der Waals surface area contributed by atoms with E-state index >= 15 is 0 Å². The number of esters is 1. The predicted octanol–water partition coefficient (Wildman–Crippen LogP) is 1.63. The normalized spacial score (nSPS) is 9.53. The second-order valence-electron chi connectivity index (χ2n) is 3.06. The first-order valence-corrected chi connectivity index (χ1v) is 4.91. The fourth-order valence-corrected chi connectivity index (χ4v) is 1.23. The molecule has 0 aromatic heterocycles. The van der Waals surface area contributed by atoms with Gasteiger partial charge in [-0.15, -0.1) is 0 Å². The molecule has 0 unspecified atom stereocenters. The van der Waals surface area contributed by atoms with Crippen LogP contribution in [0.25, 0.3) is 0 Å². The largest absolute Gasteiger partial charge is 0.493 e. The fraction of sp³-hybridized carbons (Fsp3) is 0.364. The molecule has 1 rings (SSSR count). The summed E-state index contributed by atoms with van der Waals surface area (Å²) in [6.45, 7) is 0.163. The molecular formula is C11H13NO5. The van der Waals surface area contributed by atoms with Crippen LogP contribution in [0.1, 0.15) is 10.4 Å². The topological polar surface area (TPSA) is 74.2 Å². The molecule has 0 atom stereocenters. The number of methoxy groups -OCH3 is 2. The number of ether oxygens (including phenoxy) is 3. The van der Waals surface area contributed by atoms with Crippen molar-refractivity contribution in [2.24, 2.45) is 5.18 Å². The van der Waals surface area contributed by atoms with Gasteiger partial charge in [-0.3, -0.25) is 0 Å². The molecule has 0 radical (unpaired) electrons. The monoisotopic (exact) mass is 239 g/mol. The molecule has 0 saturated carbocycles. The molecule has 0 fully saturated rings. The van der Waals surface area contributed by atoms with Gasteiger partial charge in [0.05, 0.1) is 19.8 Å². The van der Waals surface area contributed by atoms with Crippen LogP contribution < -0.4 is 9.47 Å². The van der Waals surface area contributed by atoms with Crippen molar-refractivity contribution in [1.82, 2.24) is 0 Å². The van der Waals surface area contributed by atoms with E-state index < -0.39 is 5.97 Å². The Morgan fingerprint density at radius 3 is 2.65 bits per heavy atom. The summed E-state index contributed by atoms with van der Waals surface area (Å²) in [4.78, 5) is 21.2. The van der Waals surface area contributed by atoms with Gasteiger partial charge in [-0.1, -0.05) is 5.18 Å². The van der Waals surface area contributed by atoms with E-state index in [1.54, 1.807) is 12.1 Å². The molecular weight excluding hydrogens is 226 g/mol. The van der Waals surface area contributed by atoms with E-state index in [-0.39, 0.29) is 13.2 Å². The highest BCUT2D eigenvalue weighted by molar-refractivity contribution is 5.90. The molecule has 1 aromatic carbocycles. The van der Waals surface area contributed by atoms with Crippen molar-refractivity contribution in [3.63, 3.8) is 0 Å². The first-order valence-electron chi connectivity index (χ1n) is 4.91. The van der Waals surface area contributed by atoms with Gasteiger partial charge in [0, 0.05) is 0 Å². The van der Waals surface area contributed by atoms with E-state index in [1.807, 2.05) is 0 Å². The number of rotatable bonds is 6. The SMILES string of the molecule is COC(=O)c1ccc(OC)c(OCCN=O)c1. The smallest absolute Gasteiger partial charge is 0.337 e. The van der Waals surface area contributed by atoms with Crippen molar-refractivity contribution in [2.45, 2.75) is 0 Å². The molecule has 0 saturated heterocycles. The van der Waals surface area contributed by atoms with E-state index in [2.05, 4.69) is 9.91 Å². The maximum absolute atomic E-state index is 11.3. The van der Waals surface area contributed by atoms with E-state index in [0.29, 0.717) is 17.1 Å². The van der Waals surface area contributed by atoms with Crippen molar-refractivity contribution in [3.05, 3.63) is 28.7 Å². The molecule has 0 aliphatic heterocycles. The van der Waals surface area contributed by atoms with Gasteiger partial charge in [-0.25, -0.2) is 4.79 Å². The standard InChI is InChI=1S/C11H13NO5/c1-15-9-4-3-8(11(13)16-2)7-10(9)17-6-5-12-14/h3-4,7H,5-6H2,1-2H3. The van der Waals surface area contributed by atoms with Crippen LogP contribution in [0.5, 0.6) is 11.5 Å². The van der Waals surface area contributed by atoms with Crippen molar-refractivity contribution in [2.75, 3.05) is 27.4 Å². The summed E-state index contributed by atoms with van der Waals surface area (Å²) in [5.74, 6) is 0.383. The Kier molecular flexibility index (Phi) is 4.93. The minimum atomic E-state index is -0.467. The Morgan fingerprint density at radius 2 is 2.06 bits per heavy atom. The van der Waals surface area contributed by atoms with Gasteiger partial charge in [0.25, 0.3) is 0 Å². The maximum Gasteiger partial charge on any atom is 0.337 e. The number of hydrogen-bond donors (Lipinski definition) is 0. The van der Waals surface area contributed by atoms with Crippen LogP contribution in [0.3, 0.4) is 0 Å². The van der Waals surface area contributed by atoms with Gasteiger partial charge in [0.1, 0.15) is 13.2 Å². The highest BCUT2D eigenvalue weighted by Gasteiger charge is 2.11. The van der Waals surface area contributed by atoms with Crippen LogP contribution in [-0.4, -0.2) is 33.3 Å². The van der Waals surface area contributed by atoms with Crippen molar-refractivity contribution >= 4 is 5.97 Å². The molecule has 0 heterocycles. The van der Waals surface area contributed by atoms with Crippen LogP contribution in [-0.2, 0) is 4.74 Å². The summed E-state index contributed by atoms with van der Waals surface area (Å²) >= 11 is 0. The van der Waals surface area contributed by atoms with Gasteiger partial charge in [0.2, 0.25) is 0 Å². The summed E-state index contributed by atoms with van der Waals surface area (Å²) < 4.78 is 14.9. The lowest BCUT2D eigenvalue weighted by Gasteiger charge is -2.10. The lowest BCUT2D eigenvalue weighted by atomic mass is 10.2. The van der Waals surface area contributed by atoms with Crippen molar-refractivity contribution < 1.29 is 19.0 Å². The Labute approximate surface area is 98.5 Å². The van der Waals surface area contributed by atoms with Crippen LogP contribution >= 0.6 is 0 Å². The third-order valence-corrected chi connectivity index (χ3v) is 2.02. The average molecular weight is 239 g/mol. The third kappa shape index (κ3) is 3.44. The Morgan fingerprint density at radius 1 is 1.29 bits per heavy atom. The van der Waals surface area contributed by atoms with E-state index in [9.17, 15) is 9.70 Å². The first-order chi connectivity index (χ1) is 8.22. The molecule has 0 N–H and O–H groups in total. The molecule has 6 nitrogen and oxygen atoms in total. The average Bonchev–Trinajstić information content (AvgIpc) is 2.38. The molecule has 17 heavy (non-hydrogen) atoms. The summed E-state index contributed by atoms with van der Waals surface area (Å²) in [5, 5.41) is 2.67. The van der Waals surface area contributed by atoms with Crippen molar-refractivity contribution in [3.8, 4) is 11.5 Å². The summed E-state index contributed by atoms with van der Waals surface area (Å²) in [6, 6.07) is 4.65. The second-order valence-corrected chi connectivity index (χ2v) is 3.06. The molecule has 6 heteroatoms. The number of benzene rings is 1. The number of nitrogens with zero attached hydrogens (tertiary/aromatic N) is 1. The highest BCUT2D eigenvalue weighted by Crippen LogP contribution is 2.28. The summed E-state index contributed by atoms with van der Waals surface area (Å²) in [7, 11) is 2.78. The Balaban J connectivity index is 2.89.